The number of carbonyl (C=O) groups is 1. The number of nitrogens with zero attached hydrogens (tertiary/aromatic N) is 3. The van der Waals surface area contributed by atoms with Gasteiger partial charge in [0.2, 0.25) is 5.91 Å². The first-order chi connectivity index (χ1) is 13.2. The molecule has 2 aromatic carbocycles. The van der Waals surface area contributed by atoms with Crippen molar-refractivity contribution in [1.82, 2.24) is 10.1 Å². The van der Waals surface area contributed by atoms with Crippen molar-refractivity contribution in [2.45, 2.75) is 12.3 Å². The molecular formula is C20H19N3O4. The number of ether oxygens (including phenoxy) is 2. The molecule has 0 radical (unpaired) electrons. The summed E-state index contributed by atoms with van der Waals surface area (Å²) in [5.74, 6) is 2.36. The van der Waals surface area contributed by atoms with Gasteiger partial charge in [0, 0.05) is 30.1 Å². The average molecular weight is 365 g/mol. The summed E-state index contributed by atoms with van der Waals surface area (Å²) in [5, 5.41) is 4.09. The Morgan fingerprint density at radius 1 is 1.07 bits per heavy atom. The molecule has 4 rings (SSSR count). The number of hydrogen-bond donors (Lipinski definition) is 0. The van der Waals surface area contributed by atoms with E-state index in [1.165, 1.54) is 0 Å². The molecule has 7 heteroatoms. The smallest absolute Gasteiger partial charge is 0.258 e. The minimum Gasteiger partial charge on any atom is -0.497 e. The molecule has 27 heavy (non-hydrogen) atoms. The molecule has 1 saturated heterocycles. The van der Waals surface area contributed by atoms with Crippen LogP contribution < -0.4 is 14.4 Å². The largest absolute Gasteiger partial charge is 0.497 e. The van der Waals surface area contributed by atoms with Crippen molar-refractivity contribution in [2.24, 2.45) is 0 Å². The third-order valence-electron chi connectivity index (χ3n) is 4.63. The molecule has 1 unspecified atom stereocenters. The molecule has 1 aromatic heterocycles. The van der Waals surface area contributed by atoms with Gasteiger partial charge in [-0.05, 0) is 42.5 Å². The van der Waals surface area contributed by atoms with Crippen LogP contribution in [-0.4, -0.2) is 36.8 Å². The van der Waals surface area contributed by atoms with Crippen LogP contribution in [0.25, 0.3) is 11.5 Å². The number of rotatable bonds is 5. The van der Waals surface area contributed by atoms with Gasteiger partial charge in [0.25, 0.3) is 5.89 Å². The van der Waals surface area contributed by atoms with E-state index in [-0.39, 0.29) is 11.8 Å². The van der Waals surface area contributed by atoms with Crippen LogP contribution in [-0.2, 0) is 4.79 Å². The predicted octanol–water partition coefficient (Wildman–Crippen LogP) is 3.27. The first-order valence-electron chi connectivity index (χ1n) is 8.60. The van der Waals surface area contributed by atoms with Gasteiger partial charge in [-0.3, -0.25) is 4.79 Å². The number of aromatic nitrogens is 2. The van der Waals surface area contributed by atoms with Gasteiger partial charge in [0.1, 0.15) is 11.5 Å². The highest BCUT2D eigenvalue weighted by atomic mass is 16.5. The fourth-order valence-corrected chi connectivity index (χ4v) is 3.17. The van der Waals surface area contributed by atoms with E-state index in [0.717, 1.165) is 17.0 Å². The number of hydrogen-bond acceptors (Lipinski definition) is 6. The van der Waals surface area contributed by atoms with Crippen molar-refractivity contribution >= 4 is 11.6 Å². The van der Waals surface area contributed by atoms with Crippen molar-refractivity contribution < 1.29 is 18.8 Å². The average Bonchev–Trinajstić information content (AvgIpc) is 3.35. The third kappa shape index (κ3) is 3.36. The summed E-state index contributed by atoms with van der Waals surface area (Å²) >= 11 is 0. The molecular weight excluding hydrogens is 346 g/mol. The Kier molecular flexibility index (Phi) is 4.50. The monoisotopic (exact) mass is 365 g/mol. The van der Waals surface area contributed by atoms with Crippen molar-refractivity contribution in [3.05, 3.63) is 54.4 Å². The number of anilines is 1. The summed E-state index contributed by atoms with van der Waals surface area (Å²) in [6.07, 6.45) is 0.350. The lowest BCUT2D eigenvalue weighted by atomic mass is 10.1. The van der Waals surface area contributed by atoms with Gasteiger partial charge in [-0.15, -0.1) is 0 Å². The van der Waals surface area contributed by atoms with Crippen LogP contribution in [0.1, 0.15) is 18.2 Å². The minimum absolute atomic E-state index is 0.0397. The maximum atomic E-state index is 12.5. The van der Waals surface area contributed by atoms with E-state index in [1.807, 2.05) is 48.5 Å². The van der Waals surface area contributed by atoms with Gasteiger partial charge >= 0.3 is 0 Å². The SMILES string of the molecule is COc1ccc(N2CC(c3noc(-c4cccc(OC)c4)n3)CC2=O)cc1. The van der Waals surface area contributed by atoms with E-state index in [2.05, 4.69) is 10.1 Å². The number of benzene rings is 2. The summed E-state index contributed by atoms with van der Waals surface area (Å²) in [6.45, 7) is 0.516. The van der Waals surface area contributed by atoms with E-state index in [4.69, 9.17) is 14.0 Å². The van der Waals surface area contributed by atoms with E-state index >= 15 is 0 Å². The molecule has 0 saturated carbocycles. The van der Waals surface area contributed by atoms with Crippen LogP contribution in [0, 0.1) is 0 Å². The van der Waals surface area contributed by atoms with E-state index in [0.29, 0.717) is 30.4 Å². The van der Waals surface area contributed by atoms with Crippen molar-refractivity contribution in [2.75, 3.05) is 25.7 Å². The Labute approximate surface area is 156 Å². The lowest BCUT2D eigenvalue weighted by Gasteiger charge is -2.16. The second kappa shape index (κ2) is 7.11. The normalized spacial score (nSPS) is 16.6. The van der Waals surface area contributed by atoms with Crippen LogP contribution in [0.3, 0.4) is 0 Å². The standard InChI is InChI=1S/C20H19N3O4/c1-25-16-8-6-15(7-9-16)23-12-14(11-18(23)24)19-21-20(27-22-19)13-4-3-5-17(10-13)26-2/h3-10,14H,11-12H2,1-2H3. The molecule has 1 atom stereocenters. The zero-order valence-corrected chi connectivity index (χ0v) is 15.1. The summed E-state index contributed by atoms with van der Waals surface area (Å²) in [6, 6.07) is 14.8. The lowest BCUT2D eigenvalue weighted by molar-refractivity contribution is -0.117. The molecule has 2 heterocycles. The van der Waals surface area contributed by atoms with Gasteiger partial charge in [-0.1, -0.05) is 11.2 Å². The fraction of sp³-hybridized carbons (Fsp3) is 0.250. The van der Waals surface area contributed by atoms with Gasteiger partial charge < -0.3 is 18.9 Å². The zero-order chi connectivity index (χ0) is 18.8. The molecule has 0 bridgehead atoms. The Bertz CT molecular complexity index is 952. The summed E-state index contributed by atoms with van der Waals surface area (Å²) in [5.41, 5.74) is 1.62. The maximum absolute atomic E-state index is 12.5. The predicted molar refractivity (Wildman–Crippen MR) is 99.0 cm³/mol. The Morgan fingerprint density at radius 3 is 2.59 bits per heavy atom. The highest BCUT2D eigenvalue weighted by molar-refractivity contribution is 5.96. The van der Waals surface area contributed by atoms with Crippen LogP contribution in [0.2, 0.25) is 0 Å². The maximum Gasteiger partial charge on any atom is 0.258 e. The highest BCUT2D eigenvalue weighted by Crippen LogP contribution is 2.32. The van der Waals surface area contributed by atoms with Gasteiger partial charge in [-0.2, -0.15) is 4.98 Å². The summed E-state index contributed by atoms with van der Waals surface area (Å²) < 4.78 is 15.8. The van der Waals surface area contributed by atoms with Crippen molar-refractivity contribution in [1.29, 1.82) is 0 Å². The number of methoxy groups -OCH3 is 2. The first-order valence-corrected chi connectivity index (χ1v) is 8.60. The molecule has 138 valence electrons. The Morgan fingerprint density at radius 2 is 1.85 bits per heavy atom. The van der Waals surface area contributed by atoms with E-state index < -0.39 is 0 Å². The summed E-state index contributed by atoms with van der Waals surface area (Å²) in [7, 11) is 3.22. The van der Waals surface area contributed by atoms with Crippen LogP contribution in [0.4, 0.5) is 5.69 Å². The zero-order valence-electron chi connectivity index (χ0n) is 15.1. The second-order valence-corrected chi connectivity index (χ2v) is 6.29. The quantitative estimate of drug-likeness (QED) is 0.691. The molecule has 1 aliphatic heterocycles. The lowest BCUT2D eigenvalue weighted by Crippen LogP contribution is -2.24. The molecule has 0 N–H and O–H groups in total. The molecule has 1 aliphatic rings. The first kappa shape index (κ1) is 17.1. The van der Waals surface area contributed by atoms with Gasteiger partial charge in [0.05, 0.1) is 14.2 Å². The third-order valence-corrected chi connectivity index (χ3v) is 4.63. The second-order valence-electron chi connectivity index (χ2n) is 6.29. The topological polar surface area (TPSA) is 77.7 Å². The minimum atomic E-state index is -0.109. The van der Waals surface area contributed by atoms with Crippen LogP contribution >= 0.6 is 0 Å². The molecule has 1 fully saturated rings. The molecule has 0 spiro atoms. The van der Waals surface area contributed by atoms with Gasteiger partial charge in [-0.25, -0.2) is 0 Å². The number of amides is 1. The highest BCUT2D eigenvalue weighted by Gasteiger charge is 2.34. The summed E-state index contributed by atoms with van der Waals surface area (Å²) in [4.78, 5) is 18.7. The van der Waals surface area contributed by atoms with E-state index in [9.17, 15) is 4.79 Å². The van der Waals surface area contributed by atoms with Gasteiger partial charge in [0.15, 0.2) is 5.82 Å². The molecule has 7 nitrogen and oxygen atoms in total. The molecule has 3 aromatic rings. The number of carbonyl (C=O) groups excluding carboxylic acids is 1. The molecule has 0 aliphatic carbocycles. The van der Waals surface area contributed by atoms with Crippen LogP contribution in [0.5, 0.6) is 11.5 Å². The molecule has 1 amide bonds. The van der Waals surface area contributed by atoms with E-state index in [1.54, 1.807) is 19.1 Å². The Hall–Kier alpha value is -3.35. The fourth-order valence-electron chi connectivity index (χ4n) is 3.17. The van der Waals surface area contributed by atoms with Crippen LogP contribution in [0.15, 0.2) is 53.1 Å². The van der Waals surface area contributed by atoms with Crippen molar-refractivity contribution in [3.8, 4) is 23.0 Å². The van der Waals surface area contributed by atoms with Crippen molar-refractivity contribution in [3.63, 3.8) is 0 Å². The Balaban J connectivity index is 1.53.